The molecule has 0 amide bonds. The Morgan fingerprint density at radius 1 is 1.40 bits per heavy atom. The largest absolute Gasteiger partial charge is 0.218 e. The van der Waals surface area contributed by atoms with Gasteiger partial charge in [0.15, 0.2) is 0 Å². The van der Waals surface area contributed by atoms with E-state index in [1.807, 2.05) is 0 Å². The second-order valence-corrected chi connectivity index (χ2v) is 8.29. The van der Waals surface area contributed by atoms with Crippen LogP contribution in [0.15, 0.2) is 0 Å². The van der Waals surface area contributed by atoms with Crippen molar-refractivity contribution in [2.24, 2.45) is 5.92 Å². The van der Waals surface area contributed by atoms with Crippen LogP contribution in [0.4, 0.5) is 0 Å². The summed E-state index contributed by atoms with van der Waals surface area (Å²) in [6.07, 6.45) is 1.80. The molecule has 0 aromatic rings. The van der Waals surface area contributed by atoms with Crippen LogP contribution in [0.2, 0.25) is 0 Å². The van der Waals surface area contributed by atoms with Crippen LogP contribution in [0.25, 0.3) is 0 Å². The van der Waals surface area contributed by atoms with Gasteiger partial charge in [0.05, 0.1) is 27.0 Å². The van der Waals surface area contributed by atoms with E-state index in [1.54, 1.807) is 0 Å². The Morgan fingerprint density at radius 3 is 2.20 bits per heavy atom. The summed E-state index contributed by atoms with van der Waals surface area (Å²) in [7, 11) is -2.75. The van der Waals surface area contributed by atoms with Gasteiger partial charge in [-0.2, -0.15) is 0 Å². The molecule has 0 rings (SSSR count). The quantitative estimate of drug-likeness (QED) is 0.582. The van der Waals surface area contributed by atoms with E-state index in [9.17, 15) is 8.42 Å². The minimum Gasteiger partial charge on any atom is -0.218 e. The van der Waals surface area contributed by atoms with Gasteiger partial charge in [-0.25, -0.2) is 8.42 Å². The van der Waals surface area contributed by atoms with Crippen LogP contribution in [0.3, 0.4) is 0 Å². The highest BCUT2D eigenvalue weighted by Crippen LogP contribution is 2.09. The molecule has 2 nitrogen and oxygen atoms in total. The van der Waals surface area contributed by atoms with E-state index < -0.39 is 7.01 Å². The van der Waals surface area contributed by atoms with Crippen molar-refractivity contribution in [3.05, 3.63) is 0 Å². The molecule has 0 saturated heterocycles. The Bertz CT molecular complexity index is 172. The van der Waals surface area contributed by atoms with E-state index in [1.165, 1.54) is 21.2 Å². The lowest BCUT2D eigenvalue weighted by Crippen LogP contribution is -1.98. The van der Waals surface area contributed by atoms with Gasteiger partial charge in [-0.15, -0.1) is 0 Å². The van der Waals surface area contributed by atoms with E-state index in [-0.39, 0.29) is 0 Å². The molecule has 0 bridgehead atoms. The average Bonchev–Trinajstić information content (AvgIpc) is 1.59. The van der Waals surface area contributed by atoms with Crippen molar-refractivity contribution in [3.8, 4) is 0 Å². The second kappa shape index (κ2) is 4.54. The molecule has 0 fully saturated rings. The molecule has 0 spiro atoms. The van der Waals surface area contributed by atoms with Crippen molar-refractivity contribution >= 4 is 28.2 Å². The smallest absolute Gasteiger partial charge is 0.203 e. The van der Waals surface area contributed by atoms with Gasteiger partial charge in [-0.05, 0) is 18.8 Å². The Hall–Kier alpha value is 0.680. The van der Waals surface area contributed by atoms with Crippen LogP contribution in [-0.4, -0.2) is 14.2 Å². The van der Waals surface area contributed by atoms with Crippen molar-refractivity contribution in [2.45, 2.75) is 26.7 Å². The number of hydrogen-bond acceptors (Lipinski definition) is 2. The van der Waals surface area contributed by atoms with Crippen LogP contribution >= 0.6 is 21.2 Å². The van der Waals surface area contributed by atoms with Crippen LogP contribution in [0.5, 0.6) is 0 Å². The molecule has 0 atom stereocenters. The molecule has 0 aliphatic heterocycles. The zero-order valence-electron chi connectivity index (χ0n) is 6.30. The molecule has 62 valence electrons. The van der Waals surface area contributed by atoms with Crippen LogP contribution < -0.4 is 0 Å². The highest BCUT2D eigenvalue weighted by atomic mass is 127. The van der Waals surface area contributed by atoms with Gasteiger partial charge in [0.1, 0.15) is 0 Å². The molecule has 0 heterocycles. The third-order valence-electron chi connectivity index (χ3n) is 1.17. The van der Waals surface area contributed by atoms with E-state index >= 15 is 0 Å². The van der Waals surface area contributed by atoms with Gasteiger partial charge in [0.25, 0.3) is 0 Å². The molecule has 4 heteroatoms. The fourth-order valence-corrected chi connectivity index (χ4v) is 2.11. The van der Waals surface area contributed by atoms with Gasteiger partial charge < -0.3 is 0 Å². The molecule has 0 unspecified atom stereocenters. The Balaban J connectivity index is 3.39. The summed E-state index contributed by atoms with van der Waals surface area (Å²) in [6.45, 7) is 4.19. The SMILES string of the molecule is CC(C)CCCS(=O)(=O)I. The van der Waals surface area contributed by atoms with Gasteiger partial charge in [0, 0.05) is 0 Å². The molecule has 0 N–H and O–H groups in total. The fraction of sp³-hybridized carbons (Fsp3) is 1.00. The summed E-state index contributed by atoms with van der Waals surface area (Å²) in [6, 6.07) is 0. The van der Waals surface area contributed by atoms with Crippen LogP contribution in [-0.2, 0) is 7.01 Å². The maximum absolute atomic E-state index is 10.6. The van der Waals surface area contributed by atoms with Crippen molar-refractivity contribution < 1.29 is 8.42 Å². The Labute approximate surface area is 74.9 Å². The number of halogens is 1. The van der Waals surface area contributed by atoms with E-state index in [4.69, 9.17) is 0 Å². The second-order valence-electron chi connectivity index (χ2n) is 2.78. The first-order valence-electron chi connectivity index (χ1n) is 3.34. The molecule has 0 aliphatic carbocycles. The highest BCUT2D eigenvalue weighted by molar-refractivity contribution is 14.2. The van der Waals surface area contributed by atoms with Gasteiger partial charge in [-0.3, -0.25) is 0 Å². The first-order chi connectivity index (χ1) is 4.42. The Kier molecular flexibility index (Phi) is 4.84. The normalized spacial score (nSPS) is 12.4. The first kappa shape index (κ1) is 10.7. The Morgan fingerprint density at radius 2 is 1.90 bits per heavy atom. The molecule has 0 saturated carbocycles. The maximum atomic E-state index is 10.6. The van der Waals surface area contributed by atoms with E-state index in [0.717, 1.165) is 12.8 Å². The summed E-state index contributed by atoms with van der Waals surface area (Å²) in [5.74, 6) is 0.935. The summed E-state index contributed by atoms with van der Waals surface area (Å²) in [4.78, 5) is 0. The van der Waals surface area contributed by atoms with Crippen LogP contribution in [0.1, 0.15) is 26.7 Å². The predicted molar refractivity (Wildman–Crippen MR) is 51.9 cm³/mol. The number of hydrogen-bond donors (Lipinski definition) is 0. The standard InChI is InChI=1S/C6H13IO2S/c1-6(2)4-3-5-10(7,8)9/h6H,3-5H2,1-2H3. The third-order valence-corrected chi connectivity index (χ3v) is 3.27. The monoisotopic (exact) mass is 276 g/mol. The van der Waals surface area contributed by atoms with Gasteiger partial charge in [0.2, 0.25) is 7.01 Å². The lowest BCUT2D eigenvalue weighted by molar-refractivity contribution is 0.566. The molecular weight excluding hydrogens is 263 g/mol. The summed E-state index contributed by atoms with van der Waals surface area (Å²) in [5, 5.41) is 0. The van der Waals surface area contributed by atoms with E-state index in [2.05, 4.69) is 13.8 Å². The topological polar surface area (TPSA) is 34.1 Å². The lowest BCUT2D eigenvalue weighted by Gasteiger charge is -2.00. The zero-order valence-corrected chi connectivity index (χ0v) is 9.28. The zero-order chi connectivity index (χ0) is 8.20. The summed E-state index contributed by atoms with van der Waals surface area (Å²) in [5.41, 5.74) is 0. The molecule has 0 aliphatic rings. The van der Waals surface area contributed by atoms with E-state index in [0.29, 0.717) is 11.7 Å². The highest BCUT2D eigenvalue weighted by Gasteiger charge is 2.03. The molecule has 10 heavy (non-hydrogen) atoms. The molecule has 0 aromatic heterocycles. The number of rotatable bonds is 4. The van der Waals surface area contributed by atoms with Gasteiger partial charge in [-0.1, -0.05) is 13.8 Å². The van der Waals surface area contributed by atoms with Crippen molar-refractivity contribution in [3.63, 3.8) is 0 Å². The predicted octanol–water partition coefficient (Wildman–Crippen LogP) is 2.19. The van der Waals surface area contributed by atoms with Gasteiger partial charge >= 0.3 is 0 Å². The summed E-state index contributed by atoms with van der Waals surface area (Å²) >= 11 is 1.50. The molecular formula is C6H13IO2S. The minimum atomic E-state index is -2.75. The van der Waals surface area contributed by atoms with Crippen LogP contribution in [0, 0.1) is 5.92 Å². The first-order valence-corrected chi connectivity index (χ1v) is 7.53. The fourth-order valence-electron chi connectivity index (χ4n) is 0.664. The van der Waals surface area contributed by atoms with Crippen molar-refractivity contribution in [1.29, 1.82) is 0 Å². The van der Waals surface area contributed by atoms with Crippen molar-refractivity contribution in [2.75, 3.05) is 5.75 Å². The third kappa shape index (κ3) is 8.68. The van der Waals surface area contributed by atoms with Crippen molar-refractivity contribution in [1.82, 2.24) is 0 Å². The lowest BCUT2D eigenvalue weighted by atomic mass is 10.1. The molecule has 0 aromatic carbocycles. The minimum absolute atomic E-state index is 0.325. The maximum Gasteiger partial charge on any atom is 0.203 e. The average molecular weight is 276 g/mol. The summed E-state index contributed by atoms with van der Waals surface area (Å²) < 4.78 is 21.2. The molecule has 0 radical (unpaired) electrons.